The third-order valence-corrected chi connectivity index (χ3v) is 5.46. The average molecular weight is 398 g/mol. The topological polar surface area (TPSA) is 72.5 Å². The van der Waals surface area contributed by atoms with Crippen LogP contribution in [0.25, 0.3) is 0 Å². The Hall–Kier alpha value is -1.70. The number of sulfonamides is 1. The molecule has 0 aliphatic heterocycles. The molecule has 0 spiro atoms. The highest BCUT2D eigenvalue weighted by atomic mass is 79.9. The molecule has 0 aliphatic carbocycles. The van der Waals surface area contributed by atoms with E-state index in [0.717, 1.165) is 5.56 Å². The number of benzene rings is 2. The third-order valence-electron chi connectivity index (χ3n) is 3.27. The van der Waals surface area contributed by atoms with Gasteiger partial charge in [-0.1, -0.05) is 49.4 Å². The van der Waals surface area contributed by atoms with E-state index in [1.165, 1.54) is 6.07 Å². The van der Waals surface area contributed by atoms with Gasteiger partial charge in [-0.3, -0.25) is 0 Å². The Balaban J connectivity index is 2.10. The van der Waals surface area contributed by atoms with Crippen molar-refractivity contribution in [2.75, 3.05) is 0 Å². The number of nitrogens with one attached hydrogen (secondary N) is 1. The Kier molecular flexibility index (Phi) is 5.92. The largest absolute Gasteiger partial charge is 0.355 e. The summed E-state index contributed by atoms with van der Waals surface area (Å²) in [5.41, 5.74) is 0.778. The Labute approximate surface area is 143 Å². The predicted molar refractivity (Wildman–Crippen MR) is 90.0 cm³/mol. The summed E-state index contributed by atoms with van der Waals surface area (Å²) in [5, 5.41) is 0. The molecule has 5 nitrogen and oxygen atoms in total. The Bertz CT molecular complexity index is 778. The number of hydrogen-bond acceptors (Lipinski definition) is 4. The lowest BCUT2D eigenvalue weighted by Gasteiger charge is -2.14. The second-order valence-electron chi connectivity index (χ2n) is 4.81. The van der Waals surface area contributed by atoms with Crippen molar-refractivity contribution < 1.29 is 18.0 Å². The molecular formula is C16H16BrNO4S. The zero-order valence-electron chi connectivity index (χ0n) is 12.4. The monoisotopic (exact) mass is 397 g/mol. The first kappa shape index (κ1) is 17.7. The minimum absolute atomic E-state index is 0.000518. The quantitative estimate of drug-likeness (QED) is 0.758. The minimum Gasteiger partial charge on any atom is -0.355 e. The molecule has 0 aliphatic rings. The summed E-state index contributed by atoms with van der Waals surface area (Å²) in [7, 11) is -3.95. The molecule has 7 heteroatoms. The highest BCUT2D eigenvalue weighted by Crippen LogP contribution is 2.23. The standard InChI is InChI=1S/C16H16BrNO4S/c1-2-13(12-8-4-3-5-9-12)16(19)22-18-23(20,21)15-11-7-6-10-14(15)17/h3-11,13,18H,2H2,1H3/t13-/m0/s1. The van der Waals surface area contributed by atoms with Gasteiger partial charge < -0.3 is 4.84 Å². The van der Waals surface area contributed by atoms with Crippen LogP contribution in [-0.4, -0.2) is 14.4 Å². The lowest BCUT2D eigenvalue weighted by atomic mass is 9.97. The number of hydrogen-bond donors (Lipinski definition) is 1. The normalized spacial score (nSPS) is 12.6. The zero-order chi connectivity index (χ0) is 16.9. The summed E-state index contributed by atoms with van der Waals surface area (Å²) in [6.45, 7) is 1.83. The molecule has 2 aromatic carbocycles. The number of carbonyl (C=O) groups is 1. The van der Waals surface area contributed by atoms with E-state index in [2.05, 4.69) is 15.9 Å². The van der Waals surface area contributed by atoms with Gasteiger partial charge in [0.05, 0.1) is 10.8 Å². The maximum absolute atomic E-state index is 12.2. The van der Waals surface area contributed by atoms with Crippen LogP contribution in [0.3, 0.4) is 0 Å². The van der Waals surface area contributed by atoms with Gasteiger partial charge >= 0.3 is 5.97 Å². The molecule has 1 atom stereocenters. The molecule has 0 heterocycles. The van der Waals surface area contributed by atoms with Gasteiger partial charge in [0.15, 0.2) is 0 Å². The van der Waals surface area contributed by atoms with Crippen LogP contribution in [-0.2, 0) is 19.7 Å². The molecule has 0 aromatic heterocycles. The summed E-state index contributed by atoms with van der Waals surface area (Å²) in [5.74, 6) is -1.17. The highest BCUT2D eigenvalue weighted by molar-refractivity contribution is 9.10. The predicted octanol–water partition coefficient (Wildman–Crippen LogP) is 3.38. The first-order valence-corrected chi connectivity index (χ1v) is 9.25. The van der Waals surface area contributed by atoms with Gasteiger partial charge in [0.25, 0.3) is 10.0 Å². The first-order chi connectivity index (χ1) is 11.0. The van der Waals surface area contributed by atoms with E-state index >= 15 is 0 Å². The second kappa shape index (κ2) is 7.72. The summed E-state index contributed by atoms with van der Waals surface area (Å²) in [6, 6.07) is 15.4. The molecule has 0 saturated carbocycles. The maximum atomic E-state index is 12.2. The fourth-order valence-electron chi connectivity index (χ4n) is 2.10. The molecule has 1 N–H and O–H groups in total. The van der Waals surface area contributed by atoms with Gasteiger partial charge in [-0.15, -0.1) is 0 Å². The molecule has 0 bridgehead atoms. The van der Waals surface area contributed by atoms with Crippen LogP contribution in [0, 0.1) is 0 Å². The van der Waals surface area contributed by atoms with Crippen LogP contribution in [0.2, 0.25) is 0 Å². The van der Waals surface area contributed by atoms with E-state index in [4.69, 9.17) is 4.84 Å². The van der Waals surface area contributed by atoms with Crippen LogP contribution in [0.5, 0.6) is 0 Å². The SMILES string of the molecule is CC[C@H](C(=O)ONS(=O)(=O)c1ccccc1Br)c1ccccc1. The van der Waals surface area contributed by atoms with E-state index in [9.17, 15) is 13.2 Å². The smallest absolute Gasteiger partial charge is 0.333 e. The number of carbonyl (C=O) groups excluding carboxylic acids is 1. The summed E-state index contributed by atoms with van der Waals surface area (Å²) >= 11 is 3.16. The van der Waals surface area contributed by atoms with Gasteiger partial charge in [0, 0.05) is 4.47 Å². The molecule has 2 rings (SSSR count). The fraction of sp³-hybridized carbons (Fsp3) is 0.188. The van der Waals surface area contributed by atoms with Crippen molar-refractivity contribution in [1.82, 2.24) is 4.89 Å². The van der Waals surface area contributed by atoms with Crippen LogP contribution in [0.15, 0.2) is 64.0 Å². The third kappa shape index (κ3) is 4.40. The van der Waals surface area contributed by atoms with Crippen LogP contribution in [0.4, 0.5) is 0 Å². The van der Waals surface area contributed by atoms with Gasteiger partial charge in [-0.2, -0.15) is 0 Å². The first-order valence-electron chi connectivity index (χ1n) is 6.97. The van der Waals surface area contributed by atoms with Crippen molar-refractivity contribution in [1.29, 1.82) is 0 Å². The Morgan fingerprint density at radius 1 is 1.13 bits per heavy atom. The molecule has 0 radical (unpaired) electrons. The molecular weight excluding hydrogens is 382 g/mol. The zero-order valence-corrected chi connectivity index (χ0v) is 14.8. The fourth-order valence-corrected chi connectivity index (χ4v) is 3.89. The van der Waals surface area contributed by atoms with E-state index < -0.39 is 21.9 Å². The van der Waals surface area contributed by atoms with Gasteiger partial charge in [0.2, 0.25) is 0 Å². The molecule has 23 heavy (non-hydrogen) atoms. The highest BCUT2D eigenvalue weighted by Gasteiger charge is 2.24. The molecule has 0 unspecified atom stereocenters. The molecule has 2 aromatic rings. The van der Waals surface area contributed by atoms with Crippen molar-refractivity contribution in [2.45, 2.75) is 24.2 Å². The van der Waals surface area contributed by atoms with Crippen LogP contribution in [0.1, 0.15) is 24.8 Å². The lowest BCUT2D eigenvalue weighted by Crippen LogP contribution is -2.30. The van der Waals surface area contributed by atoms with E-state index in [1.54, 1.807) is 30.3 Å². The minimum atomic E-state index is -3.95. The molecule has 0 saturated heterocycles. The van der Waals surface area contributed by atoms with Crippen LogP contribution < -0.4 is 4.89 Å². The van der Waals surface area contributed by atoms with Gasteiger partial charge in [-0.05, 0) is 44.9 Å². The van der Waals surface area contributed by atoms with Crippen molar-refractivity contribution in [2.24, 2.45) is 0 Å². The number of halogens is 1. The Morgan fingerprint density at radius 2 is 1.74 bits per heavy atom. The number of rotatable bonds is 6. The van der Waals surface area contributed by atoms with Crippen LogP contribution >= 0.6 is 15.9 Å². The van der Waals surface area contributed by atoms with Crippen molar-refractivity contribution in [3.05, 3.63) is 64.6 Å². The molecule has 0 fully saturated rings. The van der Waals surface area contributed by atoms with E-state index in [-0.39, 0.29) is 4.90 Å². The summed E-state index contributed by atoms with van der Waals surface area (Å²) in [6.07, 6.45) is 0.500. The second-order valence-corrected chi connectivity index (χ2v) is 7.28. The average Bonchev–Trinajstić information content (AvgIpc) is 2.55. The van der Waals surface area contributed by atoms with Crippen molar-refractivity contribution >= 4 is 31.9 Å². The van der Waals surface area contributed by atoms with Gasteiger partial charge in [-0.25, -0.2) is 13.2 Å². The molecule has 122 valence electrons. The molecule has 0 amide bonds. The summed E-state index contributed by atoms with van der Waals surface area (Å²) in [4.78, 5) is 18.9. The van der Waals surface area contributed by atoms with Gasteiger partial charge in [0.1, 0.15) is 0 Å². The lowest BCUT2D eigenvalue weighted by molar-refractivity contribution is -0.149. The maximum Gasteiger partial charge on any atom is 0.333 e. The van der Waals surface area contributed by atoms with E-state index in [0.29, 0.717) is 10.9 Å². The van der Waals surface area contributed by atoms with Crippen molar-refractivity contribution in [3.63, 3.8) is 0 Å². The van der Waals surface area contributed by atoms with Crippen molar-refractivity contribution in [3.8, 4) is 0 Å². The summed E-state index contributed by atoms with van der Waals surface area (Å²) < 4.78 is 24.8. The van der Waals surface area contributed by atoms with E-state index in [1.807, 2.05) is 30.0 Å². The Morgan fingerprint density at radius 3 is 2.35 bits per heavy atom.